The number of hydrogen-bond donors (Lipinski definition) is 2. The first-order chi connectivity index (χ1) is 6.06. The fourth-order valence-electron chi connectivity index (χ4n) is 1.63. The second-order valence-electron chi connectivity index (χ2n) is 3.84. The predicted octanol–water partition coefficient (Wildman–Crippen LogP) is 0.982. The van der Waals surface area contributed by atoms with Crippen molar-refractivity contribution in [3.05, 3.63) is 12.7 Å². The lowest BCUT2D eigenvalue weighted by molar-refractivity contribution is -0.130. The van der Waals surface area contributed by atoms with Crippen LogP contribution < -0.4 is 5.32 Å². The summed E-state index contributed by atoms with van der Waals surface area (Å²) in [5, 5.41) is 12.7. The first kappa shape index (κ1) is 10.3. The molecule has 0 unspecified atom stereocenters. The van der Waals surface area contributed by atoms with Gasteiger partial charge in [0.2, 0.25) is 5.91 Å². The fourth-order valence-corrected chi connectivity index (χ4v) is 1.63. The van der Waals surface area contributed by atoms with Crippen LogP contribution in [0.15, 0.2) is 12.7 Å². The van der Waals surface area contributed by atoms with Gasteiger partial charge >= 0.3 is 0 Å². The lowest BCUT2D eigenvalue weighted by Gasteiger charge is -2.37. The van der Waals surface area contributed by atoms with Crippen LogP contribution in [-0.2, 0) is 4.79 Å². The molecule has 1 rings (SSSR count). The fraction of sp³-hybridized carbons (Fsp3) is 0.700. The van der Waals surface area contributed by atoms with Crippen LogP contribution in [-0.4, -0.2) is 22.7 Å². The highest BCUT2D eigenvalue weighted by Gasteiger charge is 2.36. The normalized spacial score (nSPS) is 34.0. The first-order valence-electron chi connectivity index (χ1n) is 4.69. The molecule has 0 radical (unpaired) electrons. The number of piperidine rings is 1. The summed E-state index contributed by atoms with van der Waals surface area (Å²) in [7, 11) is 0. The van der Waals surface area contributed by atoms with Gasteiger partial charge < -0.3 is 10.4 Å². The number of allylic oxidation sites excluding steroid dienone is 1. The molecule has 1 aliphatic rings. The number of rotatable bonds is 3. The van der Waals surface area contributed by atoms with Crippen LogP contribution in [0.3, 0.4) is 0 Å². The monoisotopic (exact) mass is 183 g/mol. The average molecular weight is 183 g/mol. The van der Waals surface area contributed by atoms with Crippen molar-refractivity contribution >= 4 is 5.91 Å². The second kappa shape index (κ2) is 3.92. The Kier molecular flexibility index (Phi) is 3.09. The van der Waals surface area contributed by atoms with Crippen molar-refractivity contribution < 1.29 is 9.90 Å². The second-order valence-corrected chi connectivity index (χ2v) is 3.84. The number of hydrogen-bond acceptors (Lipinski definition) is 2. The van der Waals surface area contributed by atoms with Crippen LogP contribution in [0.4, 0.5) is 0 Å². The van der Waals surface area contributed by atoms with Crippen molar-refractivity contribution in [1.82, 2.24) is 5.32 Å². The molecule has 74 valence electrons. The summed E-state index contributed by atoms with van der Waals surface area (Å²) < 4.78 is 0. The van der Waals surface area contributed by atoms with Gasteiger partial charge in [-0.05, 0) is 26.2 Å². The molecule has 1 aliphatic heterocycles. The topological polar surface area (TPSA) is 49.3 Å². The molecule has 0 aromatic heterocycles. The molecule has 2 N–H and O–H groups in total. The van der Waals surface area contributed by atoms with Crippen LogP contribution in [0.25, 0.3) is 0 Å². The van der Waals surface area contributed by atoms with Crippen LogP contribution in [0, 0.1) is 0 Å². The smallest absolute Gasteiger partial charge is 0.220 e. The van der Waals surface area contributed by atoms with E-state index >= 15 is 0 Å². The van der Waals surface area contributed by atoms with E-state index in [-0.39, 0.29) is 11.9 Å². The molecule has 0 spiro atoms. The number of carbonyl (C=O) groups excluding carboxylic acids is 1. The highest BCUT2D eigenvalue weighted by atomic mass is 16.3. The van der Waals surface area contributed by atoms with E-state index < -0.39 is 5.60 Å². The minimum absolute atomic E-state index is 0.0422. The third kappa shape index (κ3) is 2.56. The van der Waals surface area contributed by atoms with Gasteiger partial charge in [-0.3, -0.25) is 4.79 Å². The van der Waals surface area contributed by atoms with Crippen LogP contribution in [0.1, 0.15) is 32.6 Å². The molecule has 0 saturated carbocycles. The van der Waals surface area contributed by atoms with E-state index in [2.05, 4.69) is 11.9 Å². The molecule has 1 heterocycles. The SMILES string of the molecule is C=CCC[C@@H]1NC(=O)CC[C@]1(C)O. The largest absolute Gasteiger partial charge is 0.388 e. The van der Waals surface area contributed by atoms with E-state index in [1.165, 1.54) is 0 Å². The van der Waals surface area contributed by atoms with Crippen LogP contribution in [0.2, 0.25) is 0 Å². The van der Waals surface area contributed by atoms with E-state index in [9.17, 15) is 9.90 Å². The molecule has 1 saturated heterocycles. The third-order valence-corrected chi connectivity index (χ3v) is 2.60. The molecule has 0 bridgehead atoms. The van der Waals surface area contributed by atoms with Gasteiger partial charge in [-0.15, -0.1) is 6.58 Å². The van der Waals surface area contributed by atoms with Crippen molar-refractivity contribution in [2.45, 2.75) is 44.2 Å². The van der Waals surface area contributed by atoms with E-state index in [1.54, 1.807) is 13.0 Å². The van der Waals surface area contributed by atoms with Gasteiger partial charge in [0.1, 0.15) is 0 Å². The van der Waals surface area contributed by atoms with Crippen molar-refractivity contribution in [3.8, 4) is 0 Å². The van der Waals surface area contributed by atoms with E-state index in [0.717, 1.165) is 12.8 Å². The lowest BCUT2D eigenvalue weighted by atomic mass is 9.85. The summed E-state index contributed by atoms with van der Waals surface area (Å²) in [5.74, 6) is 0.0422. The van der Waals surface area contributed by atoms with Crippen molar-refractivity contribution in [1.29, 1.82) is 0 Å². The van der Waals surface area contributed by atoms with E-state index in [4.69, 9.17) is 0 Å². The minimum Gasteiger partial charge on any atom is -0.388 e. The molecule has 0 aromatic rings. The molecule has 3 heteroatoms. The molecule has 1 amide bonds. The summed E-state index contributed by atoms with van der Waals surface area (Å²) in [6.07, 6.45) is 4.37. The average Bonchev–Trinajstić information content (AvgIpc) is 2.07. The molecule has 1 fully saturated rings. The Morgan fingerprint density at radius 3 is 3.15 bits per heavy atom. The Hall–Kier alpha value is -0.830. The van der Waals surface area contributed by atoms with Gasteiger partial charge in [0.15, 0.2) is 0 Å². The predicted molar refractivity (Wildman–Crippen MR) is 51.2 cm³/mol. The van der Waals surface area contributed by atoms with Gasteiger partial charge in [0.05, 0.1) is 11.6 Å². The zero-order chi connectivity index (χ0) is 9.90. The summed E-state index contributed by atoms with van der Waals surface area (Å²) >= 11 is 0. The Labute approximate surface area is 78.8 Å². The highest BCUT2D eigenvalue weighted by Crippen LogP contribution is 2.24. The zero-order valence-corrected chi connectivity index (χ0v) is 8.05. The lowest BCUT2D eigenvalue weighted by Crippen LogP contribution is -2.55. The Morgan fingerprint density at radius 1 is 1.85 bits per heavy atom. The third-order valence-electron chi connectivity index (χ3n) is 2.60. The summed E-state index contributed by atoms with van der Waals surface area (Å²) in [6.45, 7) is 5.40. The van der Waals surface area contributed by atoms with Gasteiger partial charge in [-0.25, -0.2) is 0 Å². The first-order valence-corrected chi connectivity index (χ1v) is 4.69. The van der Waals surface area contributed by atoms with Gasteiger partial charge in [-0.2, -0.15) is 0 Å². The Balaban J connectivity index is 2.55. The quantitative estimate of drug-likeness (QED) is 0.641. The number of amides is 1. The van der Waals surface area contributed by atoms with Crippen LogP contribution in [0.5, 0.6) is 0 Å². The van der Waals surface area contributed by atoms with Gasteiger partial charge in [0.25, 0.3) is 0 Å². The Bertz CT molecular complexity index is 211. The van der Waals surface area contributed by atoms with Crippen molar-refractivity contribution in [2.75, 3.05) is 0 Å². The maximum absolute atomic E-state index is 11.1. The summed E-state index contributed by atoms with van der Waals surface area (Å²) in [6, 6.07) is -0.119. The maximum Gasteiger partial charge on any atom is 0.220 e. The maximum atomic E-state index is 11.1. The number of nitrogens with one attached hydrogen (secondary N) is 1. The Morgan fingerprint density at radius 2 is 2.54 bits per heavy atom. The summed E-state index contributed by atoms with van der Waals surface area (Å²) in [4.78, 5) is 11.1. The molecule has 3 nitrogen and oxygen atoms in total. The molecule has 0 aliphatic carbocycles. The molecule has 2 atom stereocenters. The molecular weight excluding hydrogens is 166 g/mol. The van der Waals surface area contributed by atoms with Gasteiger partial charge in [-0.1, -0.05) is 6.08 Å². The van der Waals surface area contributed by atoms with E-state index in [1.807, 2.05) is 0 Å². The van der Waals surface area contributed by atoms with Gasteiger partial charge in [0, 0.05) is 6.42 Å². The molecule has 0 aromatic carbocycles. The summed E-state index contributed by atoms with van der Waals surface area (Å²) in [5.41, 5.74) is -0.753. The van der Waals surface area contributed by atoms with Crippen molar-refractivity contribution in [3.63, 3.8) is 0 Å². The minimum atomic E-state index is -0.753. The van der Waals surface area contributed by atoms with Crippen LogP contribution >= 0.6 is 0 Å². The number of carbonyl (C=O) groups is 1. The number of aliphatic hydroxyl groups is 1. The molecular formula is C10H17NO2. The zero-order valence-electron chi connectivity index (χ0n) is 8.05. The van der Waals surface area contributed by atoms with E-state index in [0.29, 0.717) is 12.8 Å². The standard InChI is InChI=1S/C10H17NO2/c1-3-4-5-8-10(2,13)7-6-9(12)11-8/h3,8,13H,1,4-7H2,2H3,(H,11,12)/t8-,10-/m0/s1. The van der Waals surface area contributed by atoms with Crippen molar-refractivity contribution in [2.24, 2.45) is 0 Å². The highest BCUT2D eigenvalue weighted by molar-refractivity contribution is 5.77. The molecule has 13 heavy (non-hydrogen) atoms.